The molecule has 0 amide bonds. The minimum Gasteiger partial charge on any atom is -0.491 e. The first-order valence-electron chi connectivity index (χ1n) is 7.10. The number of methoxy groups -OCH3 is 1. The van der Waals surface area contributed by atoms with Crippen molar-refractivity contribution in [3.63, 3.8) is 0 Å². The van der Waals surface area contributed by atoms with Crippen LogP contribution >= 0.6 is 0 Å². The van der Waals surface area contributed by atoms with Gasteiger partial charge in [-0.25, -0.2) is 0 Å². The van der Waals surface area contributed by atoms with Gasteiger partial charge in [-0.05, 0) is 39.8 Å². The van der Waals surface area contributed by atoms with Crippen molar-refractivity contribution in [2.45, 2.75) is 52.4 Å². The van der Waals surface area contributed by atoms with E-state index in [-0.39, 0.29) is 18.2 Å². The van der Waals surface area contributed by atoms with E-state index >= 15 is 0 Å². The standard InChI is InChI=1S/C16H27NO2/c1-6-17-15(11-13(4)18-5)14-9-7-8-10-16(14)19-12(2)3/h7-10,12-13,15,17H,6,11H2,1-5H3. The molecule has 0 aliphatic carbocycles. The summed E-state index contributed by atoms with van der Waals surface area (Å²) in [6.45, 7) is 9.25. The number of ether oxygens (including phenoxy) is 2. The van der Waals surface area contributed by atoms with E-state index in [9.17, 15) is 0 Å². The second kappa shape index (κ2) is 8.18. The molecular formula is C16H27NO2. The Morgan fingerprint density at radius 2 is 1.84 bits per heavy atom. The van der Waals surface area contributed by atoms with Crippen LogP contribution in [0, 0.1) is 0 Å². The molecule has 1 rings (SSSR count). The summed E-state index contributed by atoms with van der Waals surface area (Å²) in [5.41, 5.74) is 1.21. The number of hydrogen-bond acceptors (Lipinski definition) is 3. The number of nitrogens with one attached hydrogen (secondary N) is 1. The maximum Gasteiger partial charge on any atom is 0.124 e. The predicted octanol–water partition coefficient (Wildman–Crippen LogP) is 3.55. The van der Waals surface area contributed by atoms with Gasteiger partial charge >= 0.3 is 0 Å². The molecule has 1 N–H and O–H groups in total. The molecule has 0 aromatic heterocycles. The molecule has 19 heavy (non-hydrogen) atoms. The average molecular weight is 265 g/mol. The first-order chi connectivity index (χ1) is 9.08. The summed E-state index contributed by atoms with van der Waals surface area (Å²) in [6.07, 6.45) is 1.34. The van der Waals surface area contributed by atoms with Gasteiger partial charge in [0, 0.05) is 18.7 Å². The van der Waals surface area contributed by atoms with Crippen molar-refractivity contribution in [3.05, 3.63) is 29.8 Å². The number of para-hydroxylation sites is 1. The fraction of sp³-hybridized carbons (Fsp3) is 0.625. The molecule has 0 saturated heterocycles. The highest BCUT2D eigenvalue weighted by atomic mass is 16.5. The summed E-state index contributed by atoms with van der Waals surface area (Å²) in [6, 6.07) is 8.51. The zero-order valence-electron chi connectivity index (χ0n) is 12.8. The Balaban J connectivity index is 2.93. The summed E-state index contributed by atoms with van der Waals surface area (Å²) in [5.74, 6) is 0.965. The summed E-state index contributed by atoms with van der Waals surface area (Å²) in [5, 5.41) is 3.52. The topological polar surface area (TPSA) is 30.5 Å². The van der Waals surface area contributed by atoms with E-state index in [0.29, 0.717) is 0 Å². The number of benzene rings is 1. The van der Waals surface area contributed by atoms with E-state index in [2.05, 4.69) is 45.1 Å². The smallest absolute Gasteiger partial charge is 0.124 e. The quantitative estimate of drug-likeness (QED) is 0.779. The van der Waals surface area contributed by atoms with E-state index in [0.717, 1.165) is 18.7 Å². The first kappa shape index (κ1) is 16.0. The minimum atomic E-state index is 0.184. The zero-order chi connectivity index (χ0) is 14.3. The number of hydrogen-bond donors (Lipinski definition) is 1. The zero-order valence-corrected chi connectivity index (χ0v) is 12.8. The lowest BCUT2D eigenvalue weighted by Crippen LogP contribution is -2.26. The fourth-order valence-electron chi connectivity index (χ4n) is 2.12. The van der Waals surface area contributed by atoms with Crippen LogP contribution in [0.25, 0.3) is 0 Å². The highest BCUT2D eigenvalue weighted by Gasteiger charge is 2.18. The van der Waals surface area contributed by atoms with Crippen molar-refractivity contribution in [1.82, 2.24) is 5.32 Å². The molecule has 3 heteroatoms. The van der Waals surface area contributed by atoms with Crippen molar-refractivity contribution in [2.75, 3.05) is 13.7 Å². The van der Waals surface area contributed by atoms with Crippen LogP contribution < -0.4 is 10.1 Å². The van der Waals surface area contributed by atoms with Gasteiger partial charge in [-0.1, -0.05) is 25.1 Å². The second-order valence-electron chi connectivity index (χ2n) is 5.10. The molecule has 0 heterocycles. The third-order valence-corrected chi connectivity index (χ3v) is 3.08. The van der Waals surface area contributed by atoms with Gasteiger partial charge in [0.25, 0.3) is 0 Å². The number of rotatable bonds is 8. The first-order valence-corrected chi connectivity index (χ1v) is 7.10. The van der Waals surface area contributed by atoms with Crippen LogP contribution in [-0.2, 0) is 4.74 Å². The molecule has 2 unspecified atom stereocenters. The molecule has 0 aliphatic heterocycles. The molecule has 1 aromatic carbocycles. The van der Waals surface area contributed by atoms with Crippen LogP contribution in [0.2, 0.25) is 0 Å². The van der Waals surface area contributed by atoms with E-state index in [1.165, 1.54) is 5.56 Å². The highest BCUT2D eigenvalue weighted by Crippen LogP contribution is 2.29. The maximum absolute atomic E-state index is 5.91. The summed E-state index contributed by atoms with van der Waals surface area (Å²) >= 11 is 0. The lowest BCUT2D eigenvalue weighted by molar-refractivity contribution is 0.0999. The molecule has 0 fully saturated rings. The molecule has 0 bridgehead atoms. The normalized spacial score (nSPS) is 14.4. The third-order valence-electron chi connectivity index (χ3n) is 3.08. The Labute approximate surface area is 117 Å². The van der Waals surface area contributed by atoms with Crippen molar-refractivity contribution in [3.8, 4) is 5.75 Å². The summed E-state index contributed by atoms with van der Waals surface area (Å²) in [4.78, 5) is 0. The van der Waals surface area contributed by atoms with E-state index in [1.807, 2.05) is 12.1 Å². The highest BCUT2D eigenvalue weighted by molar-refractivity contribution is 5.36. The van der Waals surface area contributed by atoms with Gasteiger partial charge in [0.15, 0.2) is 0 Å². The van der Waals surface area contributed by atoms with Crippen molar-refractivity contribution in [1.29, 1.82) is 0 Å². The lowest BCUT2D eigenvalue weighted by atomic mass is 10.00. The molecular weight excluding hydrogens is 238 g/mol. The van der Waals surface area contributed by atoms with Crippen LogP contribution in [0.15, 0.2) is 24.3 Å². The van der Waals surface area contributed by atoms with Crippen LogP contribution in [0.3, 0.4) is 0 Å². The van der Waals surface area contributed by atoms with E-state index in [4.69, 9.17) is 9.47 Å². The Bertz CT molecular complexity index is 366. The maximum atomic E-state index is 5.91. The van der Waals surface area contributed by atoms with Gasteiger partial charge in [0.05, 0.1) is 12.2 Å². The van der Waals surface area contributed by atoms with Crippen LogP contribution in [0.5, 0.6) is 5.75 Å². The minimum absolute atomic E-state index is 0.184. The second-order valence-corrected chi connectivity index (χ2v) is 5.10. The molecule has 3 nitrogen and oxygen atoms in total. The van der Waals surface area contributed by atoms with Gasteiger partial charge in [-0.3, -0.25) is 0 Å². The summed E-state index contributed by atoms with van der Waals surface area (Å²) < 4.78 is 11.3. The van der Waals surface area contributed by atoms with Crippen molar-refractivity contribution in [2.24, 2.45) is 0 Å². The molecule has 0 spiro atoms. The molecule has 0 radical (unpaired) electrons. The Hall–Kier alpha value is -1.06. The average Bonchev–Trinajstić information content (AvgIpc) is 2.38. The monoisotopic (exact) mass is 265 g/mol. The van der Waals surface area contributed by atoms with Gasteiger partial charge < -0.3 is 14.8 Å². The van der Waals surface area contributed by atoms with Gasteiger partial charge in [0.1, 0.15) is 5.75 Å². The van der Waals surface area contributed by atoms with Crippen molar-refractivity contribution >= 4 is 0 Å². The predicted molar refractivity (Wildman–Crippen MR) is 79.7 cm³/mol. The van der Waals surface area contributed by atoms with Gasteiger partial charge in [-0.2, -0.15) is 0 Å². The van der Waals surface area contributed by atoms with Gasteiger partial charge in [0.2, 0.25) is 0 Å². The van der Waals surface area contributed by atoms with E-state index < -0.39 is 0 Å². The van der Waals surface area contributed by atoms with Crippen LogP contribution in [-0.4, -0.2) is 25.9 Å². The molecule has 108 valence electrons. The van der Waals surface area contributed by atoms with Crippen LogP contribution in [0.1, 0.15) is 45.7 Å². The largest absolute Gasteiger partial charge is 0.491 e. The SMILES string of the molecule is CCNC(CC(C)OC)c1ccccc1OC(C)C. The lowest BCUT2D eigenvalue weighted by Gasteiger charge is -2.24. The molecule has 0 saturated carbocycles. The third kappa shape index (κ3) is 5.21. The molecule has 1 aromatic rings. The molecule has 0 aliphatic rings. The van der Waals surface area contributed by atoms with Crippen LogP contribution in [0.4, 0.5) is 0 Å². The molecule has 2 atom stereocenters. The summed E-state index contributed by atoms with van der Waals surface area (Å²) in [7, 11) is 1.75. The Morgan fingerprint density at radius 3 is 2.42 bits per heavy atom. The van der Waals surface area contributed by atoms with E-state index in [1.54, 1.807) is 7.11 Å². The Kier molecular flexibility index (Phi) is 6.89. The van der Waals surface area contributed by atoms with Crippen molar-refractivity contribution < 1.29 is 9.47 Å². The van der Waals surface area contributed by atoms with Gasteiger partial charge in [-0.15, -0.1) is 0 Å². The fourth-order valence-corrected chi connectivity index (χ4v) is 2.12. The Morgan fingerprint density at radius 1 is 1.16 bits per heavy atom.